The van der Waals surface area contributed by atoms with Crippen LogP contribution >= 0.6 is 0 Å². The summed E-state index contributed by atoms with van der Waals surface area (Å²) in [5, 5.41) is 0. The van der Waals surface area contributed by atoms with E-state index in [0.717, 1.165) is 17.5 Å². The van der Waals surface area contributed by atoms with Crippen molar-refractivity contribution in [2.75, 3.05) is 7.11 Å². The van der Waals surface area contributed by atoms with E-state index in [1.54, 1.807) is 0 Å². The summed E-state index contributed by atoms with van der Waals surface area (Å²) in [7, 11) is 1.39. The lowest BCUT2D eigenvalue weighted by atomic mass is 10.0. The van der Waals surface area contributed by atoms with Gasteiger partial charge in [0.1, 0.15) is 6.10 Å². The van der Waals surface area contributed by atoms with Crippen molar-refractivity contribution in [2.24, 2.45) is 0 Å². The Morgan fingerprint density at radius 1 is 1.23 bits per heavy atom. The molecule has 0 radical (unpaired) electrons. The van der Waals surface area contributed by atoms with E-state index in [-0.39, 0.29) is 12.1 Å². The van der Waals surface area contributed by atoms with Gasteiger partial charge in [-0.3, -0.25) is 0 Å². The molecular weight excluding hydrogens is 276 g/mol. The molecule has 120 valence electrons. The van der Waals surface area contributed by atoms with Gasteiger partial charge in [0, 0.05) is 0 Å². The lowest BCUT2D eigenvalue weighted by Gasteiger charge is -2.02. The molecule has 3 heteroatoms. The number of benzene rings is 1. The normalized spacial score (nSPS) is 20.3. The first-order chi connectivity index (χ1) is 10.8. The topological polar surface area (TPSA) is 38.8 Å². The number of carbonyl (C=O) groups is 1. The summed E-state index contributed by atoms with van der Waals surface area (Å²) in [5.74, 6) is -0.292. The number of epoxide rings is 1. The van der Waals surface area contributed by atoms with Crippen LogP contribution < -0.4 is 0 Å². The molecule has 0 spiro atoms. The Labute approximate surface area is 133 Å². The molecule has 0 unspecified atom stereocenters. The summed E-state index contributed by atoms with van der Waals surface area (Å²) in [5.41, 5.74) is 2.20. The number of esters is 1. The molecule has 1 saturated heterocycles. The van der Waals surface area contributed by atoms with Crippen LogP contribution in [0.15, 0.2) is 30.3 Å². The van der Waals surface area contributed by atoms with Gasteiger partial charge < -0.3 is 9.47 Å². The van der Waals surface area contributed by atoms with Gasteiger partial charge in [0.15, 0.2) is 6.10 Å². The highest BCUT2D eigenvalue weighted by Gasteiger charge is 2.47. The van der Waals surface area contributed by atoms with Gasteiger partial charge in [-0.2, -0.15) is 0 Å². The Morgan fingerprint density at radius 3 is 2.77 bits per heavy atom. The maximum absolute atomic E-state index is 11.5. The quantitative estimate of drug-likeness (QED) is 0.378. The predicted molar refractivity (Wildman–Crippen MR) is 88.5 cm³/mol. The van der Waals surface area contributed by atoms with Gasteiger partial charge in [-0.25, -0.2) is 4.79 Å². The average Bonchev–Trinajstić information content (AvgIpc) is 3.34. The fourth-order valence-corrected chi connectivity index (χ4v) is 2.64. The second-order valence-electron chi connectivity index (χ2n) is 5.73. The Hall–Kier alpha value is -1.61. The van der Waals surface area contributed by atoms with Crippen molar-refractivity contribution in [1.29, 1.82) is 0 Å². The summed E-state index contributed by atoms with van der Waals surface area (Å²) in [6.07, 6.45) is 11.4. The van der Waals surface area contributed by atoms with Crippen LogP contribution in [0.4, 0.5) is 0 Å². The Bertz CT molecular complexity index is 507. The van der Waals surface area contributed by atoms with Gasteiger partial charge in [0.25, 0.3) is 0 Å². The van der Waals surface area contributed by atoms with Gasteiger partial charge >= 0.3 is 5.97 Å². The molecule has 0 bridgehead atoms. The molecule has 2 atom stereocenters. The standard InChI is InChI=1S/C19H26O3/c1-3-4-5-6-7-8-9-12-15-13-10-11-14-16(15)17-18(22-17)19(20)21-2/h9-14,17-18H,3-8H2,1-2H3/t17-,18+/m1/s1. The first-order valence-corrected chi connectivity index (χ1v) is 8.26. The molecule has 1 aromatic rings. The number of methoxy groups -OCH3 is 1. The maximum Gasteiger partial charge on any atom is 0.338 e. The molecule has 1 aliphatic heterocycles. The van der Waals surface area contributed by atoms with E-state index < -0.39 is 6.10 Å². The lowest BCUT2D eigenvalue weighted by Crippen LogP contribution is -2.09. The average molecular weight is 302 g/mol. The molecule has 0 N–H and O–H groups in total. The zero-order valence-corrected chi connectivity index (χ0v) is 13.6. The molecule has 0 aromatic heterocycles. The van der Waals surface area contributed by atoms with Crippen LogP contribution in [-0.4, -0.2) is 19.2 Å². The summed E-state index contributed by atoms with van der Waals surface area (Å²) in [4.78, 5) is 11.5. The van der Waals surface area contributed by atoms with Gasteiger partial charge in [-0.15, -0.1) is 0 Å². The van der Waals surface area contributed by atoms with Crippen LogP contribution in [0.2, 0.25) is 0 Å². The van der Waals surface area contributed by atoms with Crippen molar-refractivity contribution in [3.8, 4) is 0 Å². The fourth-order valence-electron chi connectivity index (χ4n) is 2.64. The summed E-state index contributed by atoms with van der Waals surface area (Å²) >= 11 is 0. The van der Waals surface area contributed by atoms with E-state index in [1.807, 2.05) is 18.2 Å². The third-order valence-electron chi connectivity index (χ3n) is 4.00. The first kappa shape index (κ1) is 16.8. The van der Waals surface area contributed by atoms with Crippen molar-refractivity contribution in [1.82, 2.24) is 0 Å². The number of ether oxygens (including phenoxy) is 2. The Morgan fingerprint density at radius 2 is 2.00 bits per heavy atom. The SMILES string of the molecule is CCCCCCCC=Cc1ccccc1[C@H]1O[C@@H]1C(=O)OC. The van der Waals surface area contributed by atoms with E-state index >= 15 is 0 Å². The molecule has 1 fully saturated rings. The molecule has 1 aliphatic rings. The Balaban J connectivity index is 1.86. The van der Waals surface area contributed by atoms with Crippen LogP contribution in [0.1, 0.15) is 62.7 Å². The third-order valence-corrected chi connectivity index (χ3v) is 4.00. The van der Waals surface area contributed by atoms with Crippen molar-refractivity contribution < 1.29 is 14.3 Å². The minimum absolute atomic E-state index is 0.155. The van der Waals surface area contributed by atoms with E-state index in [4.69, 9.17) is 9.47 Å². The van der Waals surface area contributed by atoms with Gasteiger partial charge in [-0.1, -0.05) is 69.0 Å². The number of carbonyl (C=O) groups excluding carboxylic acids is 1. The largest absolute Gasteiger partial charge is 0.467 e. The maximum atomic E-state index is 11.5. The third kappa shape index (κ3) is 4.70. The smallest absolute Gasteiger partial charge is 0.338 e. The highest BCUT2D eigenvalue weighted by molar-refractivity contribution is 5.78. The molecule has 2 rings (SSSR count). The highest BCUT2D eigenvalue weighted by Crippen LogP contribution is 2.41. The first-order valence-electron chi connectivity index (χ1n) is 8.26. The summed E-state index contributed by atoms with van der Waals surface area (Å²) in [6.45, 7) is 2.23. The minimum atomic E-state index is -0.436. The number of hydrogen-bond acceptors (Lipinski definition) is 3. The molecule has 0 aliphatic carbocycles. The van der Waals surface area contributed by atoms with Gasteiger partial charge in [0.05, 0.1) is 7.11 Å². The Kier molecular flexibility index (Phi) is 6.66. The van der Waals surface area contributed by atoms with Crippen LogP contribution in [0, 0.1) is 0 Å². The van der Waals surface area contributed by atoms with Crippen LogP contribution in [0.3, 0.4) is 0 Å². The monoisotopic (exact) mass is 302 g/mol. The lowest BCUT2D eigenvalue weighted by molar-refractivity contribution is -0.142. The van der Waals surface area contributed by atoms with Crippen molar-refractivity contribution in [3.63, 3.8) is 0 Å². The van der Waals surface area contributed by atoms with Crippen molar-refractivity contribution in [3.05, 3.63) is 41.5 Å². The predicted octanol–water partition coefficient (Wildman–Crippen LogP) is 4.67. The molecule has 1 aromatic carbocycles. The van der Waals surface area contributed by atoms with Crippen LogP contribution in [0.25, 0.3) is 6.08 Å². The number of rotatable bonds is 9. The second kappa shape index (κ2) is 8.74. The number of unbranched alkanes of at least 4 members (excludes halogenated alkanes) is 5. The molecule has 0 saturated carbocycles. The van der Waals surface area contributed by atoms with Crippen molar-refractivity contribution >= 4 is 12.0 Å². The molecule has 22 heavy (non-hydrogen) atoms. The van der Waals surface area contributed by atoms with E-state index in [1.165, 1.54) is 39.2 Å². The van der Waals surface area contributed by atoms with E-state index in [9.17, 15) is 4.79 Å². The molecule has 3 nitrogen and oxygen atoms in total. The molecule has 1 heterocycles. The van der Waals surface area contributed by atoms with Gasteiger partial charge in [-0.05, 0) is 24.0 Å². The number of hydrogen-bond donors (Lipinski definition) is 0. The summed E-state index contributed by atoms with van der Waals surface area (Å²) < 4.78 is 10.2. The highest BCUT2D eigenvalue weighted by atomic mass is 16.6. The van der Waals surface area contributed by atoms with Crippen molar-refractivity contribution in [2.45, 2.75) is 57.7 Å². The van der Waals surface area contributed by atoms with Gasteiger partial charge in [0.2, 0.25) is 0 Å². The zero-order chi connectivity index (χ0) is 15.8. The van der Waals surface area contributed by atoms with Crippen LogP contribution in [0.5, 0.6) is 0 Å². The zero-order valence-electron chi connectivity index (χ0n) is 13.6. The summed E-state index contributed by atoms with van der Waals surface area (Å²) in [6, 6.07) is 8.08. The minimum Gasteiger partial charge on any atom is -0.467 e. The van der Waals surface area contributed by atoms with Crippen LogP contribution in [-0.2, 0) is 14.3 Å². The fraction of sp³-hybridized carbons (Fsp3) is 0.526. The molecule has 0 amide bonds. The van der Waals surface area contributed by atoms with E-state index in [0.29, 0.717) is 0 Å². The molecular formula is C19H26O3. The second-order valence-corrected chi connectivity index (χ2v) is 5.73. The number of allylic oxidation sites excluding steroid dienone is 1. The van der Waals surface area contributed by atoms with E-state index in [2.05, 4.69) is 25.1 Å².